The van der Waals surface area contributed by atoms with E-state index in [-0.39, 0.29) is 5.75 Å². The highest BCUT2D eigenvalue weighted by molar-refractivity contribution is 5.41. The van der Waals surface area contributed by atoms with Gasteiger partial charge in [-0.3, -0.25) is 0 Å². The Hall–Kier alpha value is -1.22. The van der Waals surface area contributed by atoms with E-state index < -0.39 is 0 Å². The van der Waals surface area contributed by atoms with Crippen LogP contribution in [0.5, 0.6) is 11.5 Å². The van der Waals surface area contributed by atoms with Gasteiger partial charge in [0.1, 0.15) is 0 Å². The van der Waals surface area contributed by atoms with E-state index in [0.717, 1.165) is 30.5 Å². The smallest absolute Gasteiger partial charge is 0.160 e. The van der Waals surface area contributed by atoms with Gasteiger partial charge in [0.25, 0.3) is 0 Å². The van der Waals surface area contributed by atoms with Crippen LogP contribution in [-0.4, -0.2) is 18.8 Å². The molecular formula is C16H25NO2. The summed E-state index contributed by atoms with van der Waals surface area (Å²) < 4.78 is 5.04. The highest BCUT2D eigenvalue weighted by Gasteiger charge is 2.20. The van der Waals surface area contributed by atoms with Crippen LogP contribution in [0.3, 0.4) is 0 Å². The summed E-state index contributed by atoms with van der Waals surface area (Å²) in [5.41, 5.74) is 1.10. The van der Waals surface area contributed by atoms with Crippen molar-refractivity contribution in [1.82, 2.24) is 5.32 Å². The Balaban J connectivity index is 1.80. The molecule has 106 valence electrons. The SMILES string of the molecule is COc1ccc(CNCC2CCCCC2C)cc1O. The minimum absolute atomic E-state index is 0.216. The van der Waals surface area contributed by atoms with Gasteiger partial charge in [-0.1, -0.05) is 32.3 Å². The molecule has 0 amide bonds. The van der Waals surface area contributed by atoms with Crippen molar-refractivity contribution < 1.29 is 9.84 Å². The van der Waals surface area contributed by atoms with Gasteiger partial charge >= 0.3 is 0 Å². The Kier molecular flexibility index (Phi) is 5.08. The second-order valence-corrected chi connectivity index (χ2v) is 5.66. The van der Waals surface area contributed by atoms with Gasteiger partial charge in [-0.05, 0) is 42.5 Å². The molecule has 3 nitrogen and oxygen atoms in total. The summed E-state index contributed by atoms with van der Waals surface area (Å²) in [4.78, 5) is 0. The van der Waals surface area contributed by atoms with Crippen LogP contribution in [0.1, 0.15) is 38.2 Å². The molecule has 0 heterocycles. The number of aromatic hydroxyl groups is 1. The number of phenols is 1. The number of phenolic OH excluding ortho intramolecular Hbond substituents is 1. The van der Waals surface area contributed by atoms with Crippen LogP contribution < -0.4 is 10.1 Å². The summed E-state index contributed by atoms with van der Waals surface area (Å²) in [6, 6.07) is 5.58. The second-order valence-electron chi connectivity index (χ2n) is 5.66. The molecule has 1 aromatic carbocycles. The standard InChI is InChI=1S/C16H25NO2/c1-12-5-3-4-6-14(12)11-17-10-13-7-8-16(19-2)15(18)9-13/h7-9,12,14,17-18H,3-6,10-11H2,1-2H3. The molecule has 2 rings (SSSR count). The van der Waals surface area contributed by atoms with Crippen molar-refractivity contribution in [2.75, 3.05) is 13.7 Å². The van der Waals surface area contributed by atoms with E-state index in [1.807, 2.05) is 12.1 Å². The first kappa shape index (κ1) is 14.2. The number of benzene rings is 1. The third-order valence-electron chi connectivity index (χ3n) is 4.27. The van der Waals surface area contributed by atoms with Gasteiger partial charge in [-0.25, -0.2) is 0 Å². The maximum Gasteiger partial charge on any atom is 0.160 e. The van der Waals surface area contributed by atoms with Crippen LogP contribution in [0.15, 0.2) is 18.2 Å². The molecule has 3 heteroatoms. The summed E-state index contributed by atoms with van der Waals surface area (Å²) in [6.07, 6.45) is 5.49. The third-order valence-corrected chi connectivity index (χ3v) is 4.27. The number of rotatable bonds is 5. The normalized spacial score (nSPS) is 23.3. The van der Waals surface area contributed by atoms with Crippen molar-refractivity contribution in [1.29, 1.82) is 0 Å². The number of methoxy groups -OCH3 is 1. The van der Waals surface area contributed by atoms with Gasteiger partial charge in [0, 0.05) is 6.54 Å². The molecule has 19 heavy (non-hydrogen) atoms. The molecule has 2 unspecified atom stereocenters. The van der Waals surface area contributed by atoms with Crippen molar-refractivity contribution in [2.24, 2.45) is 11.8 Å². The predicted molar refractivity (Wildman–Crippen MR) is 77.5 cm³/mol. The Bertz CT molecular complexity index is 406. The molecule has 0 radical (unpaired) electrons. The first-order valence-electron chi connectivity index (χ1n) is 7.27. The zero-order valence-corrected chi connectivity index (χ0v) is 12.0. The molecule has 1 fully saturated rings. The molecule has 0 aromatic heterocycles. The minimum Gasteiger partial charge on any atom is -0.504 e. The van der Waals surface area contributed by atoms with Crippen molar-refractivity contribution in [2.45, 2.75) is 39.2 Å². The van der Waals surface area contributed by atoms with Crippen LogP contribution in [0, 0.1) is 11.8 Å². The molecule has 0 bridgehead atoms. The number of nitrogens with one attached hydrogen (secondary N) is 1. The highest BCUT2D eigenvalue weighted by Crippen LogP contribution is 2.29. The maximum atomic E-state index is 9.73. The molecule has 1 saturated carbocycles. The Morgan fingerprint density at radius 1 is 1.32 bits per heavy atom. The largest absolute Gasteiger partial charge is 0.504 e. The fourth-order valence-electron chi connectivity index (χ4n) is 2.94. The molecule has 1 aromatic rings. The fourth-order valence-corrected chi connectivity index (χ4v) is 2.94. The van der Waals surface area contributed by atoms with Crippen LogP contribution >= 0.6 is 0 Å². The summed E-state index contributed by atoms with van der Waals surface area (Å²) in [7, 11) is 1.57. The summed E-state index contributed by atoms with van der Waals surface area (Å²) in [6.45, 7) is 4.25. The first-order chi connectivity index (χ1) is 9.20. The van der Waals surface area contributed by atoms with E-state index in [4.69, 9.17) is 4.74 Å². The summed E-state index contributed by atoms with van der Waals surface area (Å²) >= 11 is 0. The van der Waals surface area contributed by atoms with E-state index in [9.17, 15) is 5.11 Å². The van der Waals surface area contributed by atoms with Crippen molar-refractivity contribution in [3.8, 4) is 11.5 Å². The first-order valence-corrected chi connectivity index (χ1v) is 7.27. The average Bonchev–Trinajstić information content (AvgIpc) is 2.41. The van der Waals surface area contributed by atoms with E-state index in [1.165, 1.54) is 25.7 Å². The van der Waals surface area contributed by atoms with Crippen molar-refractivity contribution >= 4 is 0 Å². The van der Waals surface area contributed by atoms with Gasteiger partial charge in [0.05, 0.1) is 7.11 Å². The molecule has 0 spiro atoms. The molecule has 1 aliphatic carbocycles. The number of hydrogen-bond acceptors (Lipinski definition) is 3. The second kappa shape index (κ2) is 6.80. The van der Waals surface area contributed by atoms with Crippen molar-refractivity contribution in [3.05, 3.63) is 23.8 Å². The molecule has 2 atom stereocenters. The van der Waals surface area contributed by atoms with E-state index >= 15 is 0 Å². The Labute approximate surface area is 116 Å². The van der Waals surface area contributed by atoms with Gasteiger partial charge in [0.15, 0.2) is 11.5 Å². The van der Waals surface area contributed by atoms with Crippen molar-refractivity contribution in [3.63, 3.8) is 0 Å². The lowest BCUT2D eigenvalue weighted by molar-refractivity contribution is 0.247. The summed E-state index contributed by atoms with van der Waals surface area (Å²) in [5, 5.41) is 13.2. The zero-order valence-electron chi connectivity index (χ0n) is 12.0. The minimum atomic E-state index is 0.216. The Morgan fingerprint density at radius 3 is 2.79 bits per heavy atom. The highest BCUT2D eigenvalue weighted by atomic mass is 16.5. The lowest BCUT2D eigenvalue weighted by Gasteiger charge is -2.28. The van der Waals surface area contributed by atoms with Gasteiger partial charge in [-0.2, -0.15) is 0 Å². The third kappa shape index (κ3) is 3.87. The van der Waals surface area contributed by atoms with Crippen LogP contribution in [0.25, 0.3) is 0 Å². The van der Waals surface area contributed by atoms with E-state index in [1.54, 1.807) is 13.2 Å². The van der Waals surface area contributed by atoms with E-state index in [0.29, 0.717) is 5.75 Å². The van der Waals surface area contributed by atoms with Gasteiger partial charge < -0.3 is 15.2 Å². The average molecular weight is 263 g/mol. The Morgan fingerprint density at radius 2 is 2.11 bits per heavy atom. The van der Waals surface area contributed by atoms with Crippen LogP contribution in [0.4, 0.5) is 0 Å². The lowest BCUT2D eigenvalue weighted by atomic mass is 9.80. The van der Waals surface area contributed by atoms with E-state index in [2.05, 4.69) is 12.2 Å². The number of ether oxygens (including phenoxy) is 1. The monoisotopic (exact) mass is 263 g/mol. The van der Waals surface area contributed by atoms with Gasteiger partial charge in [-0.15, -0.1) is 0 Å². The predicted octanol–water partition coefficient (Wildman–Crippen LogP) is 3.32. The van der Waals surface area contributed by atoms with Crippen LogP contribution in [0.2, 0.25) is 0 Å². The quantitative estimate of drug-likeness (QED) is 0.856. The molecule has 0 saturated heterocycles. The maximum absolute atomic E-state index is 9.73. The van der Waals surface area contributed by atoms with Gasteiger partial charge in [0.2, 0.25) is 0 Å². The molecule has 1 aliphatic rings. The van der Waals surface area contributed by atoms with Crippen LogP contribution in [-0.2, 0) is 6.54 Å². The number of hydrogen-bond donors (Lipinski definition) is 2. The molecular weight excluding hydrogens is 238 g/mol. The fraction of sp³-hybridized carbons (Fsp3) is 0.625. The molecule has 2 N–H and O–H groups in total. The molecule has 0 aliphatic heterocycles. The zero-order chi connectivity index (χ0) is 13.7. The summed E-state index contributed by atoms with van der Waals surface area (Å²) in [5.74, 6) is 2.39. The lowest BCUT2D eigenvalue weighted by Crippen LogP contribution is -2.29. The topological polar surface area (TPSA) is 41.5 Å².